The summed E-state index contributed by atoms with van der Waals surface area (Å²) in [6, 6.07) is 0. The molecule has 1 aromatic heterocycles. The van der Waals surface area contributed by atoms with Crippen LogP contribution in [0.3, 0.4) is 0 Å². The number of imidazole rings is 1. The molecule has 21 heavy (non-hydrogen) atoms. The second-order valence-electron chi connectivity index (χ2n) is 6.95. The largest absolute Gasteiger partial charge is 0.348 e. The molecule has 5 nitrogen and oxygen atoms in total. The summed E-state index contributed by atoms with van der Waals surface area (Å²) in [6.07, 6.45) is 9.33. The molecule has 0 spiro atoms. The van der Waals surface area contributed by atoms with Crippen molar-refractivity contribution in [2.45, 2.75) is 38.0 Å². The van der Waals surface area contributed by atoms with Crippen molar-refractivity contribution in [3.8, 4) is 0 Å². The second kappa shape index (κ2) is 5.13. The molecule has 3 fully saturated rings. The van der Waals surface area contributed by atoms with Crippen LogP contribution in [-0.2, 0) is 4.79 Å². The highest BCUT2D eigenvalue weighted by atomic mass is 16.2. The third kappa shape index (κ3) is 2.09. The summed E-state index contributed by atoms with van der Waals surface area (Å²) < 4.78 is 0. The van der Waals surface area contributed by atoms with E-state index in [1.165, 1.54) is 18.5 Å². The number of H-pyrrole nitrogens is 1. The van der Waals surface area contributed by atoms with Gasteiger partial charge in [-0.15, -0.1) is 0 Å². The van der Waals surface area contributed by atoms with E-state index in [1.807, 2.05) is 6.20 Å². The van der Waals surface area contributed by atoms with Crippen LogP contribution in [0.2, 0.25) is 0 Å². The number of aromatic amines is 1. The minimum atomic E-state index is -0.0686. The quantitative estimate of drug-likeness (QED) is 0.867. The third-order valence-corrected chi connectivity index (χ3v) is 5.96. The van der Waals surface area contributed by atoms with Crippen molar-refractivity contribution in [2.75, 3.05) is 26.2 Å². The molecule has 2 atom stereocenters. The Morgan fingerprint density at radius 1 is 1.33 bits per heavy atom. The number of amides is 1. The van der Waals surface area contributed by atoms with Gasteiger partial charge in [0, 0.05) is 37.4 Å². The number of rotatable bonds is 2. The van der Waals surface area contributed by atoms with Crippen molar-refractivity contribution < 1.29 is 4.79 Å². The van der Waals surface area contributed by atoms with E-state index in [0.29, 0.717) is 17.7 Å². The first-order valence-electron chi connectivity index (χ1n) is 8.28. The fraction of sp³-hybridized carbons (Fsp3) is 0.750. The van der Waals surface area contributed by atoms with Crippen LogP contribution >= 0.6 is 0 Å². The first-order valence-corrected chi connectivity index (χ1v) is 8.28. The maximum atomic E-state index is 13.1. The van der Waals surface area contributed by atoms with Gasteiger partial charge in [-0.25, -0.2) is 4.98 Å². The van der Waals surface area contributed by atoms with E-state index in [0.717, 1.165) is 45.4 Å². The highest BCUT2D eigenvalue weighted by molar-refractivity contribution is 5.84. The van der Waals surface area contributed by atoms with Crippen molar-refractivity contribution in [3.63, 3.8) is 0 Å². The van der Waals surface area contributed by atoms with Crippen LogP contribution in [0.4, 0.5) is 0 Å². The number of piperidine rings is 1. The summed E-state index contributed by atoms with van der Waals surface area (Å²) in [4.78, 5) is 22.5. The topological polar surface area (TPSA) is 61.0 Å². The maximum absolute atomic E-state index is 13.1. The Morgan fingerprint density at radius 2 is 2.19 bits per heavy atom. The van der Waals surface area contributed by atoms with Crippen LogP contribution in [-0.4, -0.2) is 47.0 Å². The average Bonchev–Trinajstić information content (AvgIpc) is 3.23. The van der Waals surface area contributed by atoms with E-state index in [1.54, 1.807) is 6.33 Å². The molecule has 5 heteroatoms. The molecule has 0 aromatic carbocycles. The molecular formula is C16H24N4O. The molecule has 2 aliphatic heterocycles. The lowest BCUT2D eigenvalue weighted by Gasteiger charge is -2.38. The predicted molar refractivity (Wildman–Crippen MR) is 79.8 cm³/mol. The Kier molecular flexibility index (Phi) is 3.25. The number of carbonyl (C=O) groups excluding carboxylic acids is 1. The Labute approximate surface area is 125 Å². The molecule has 2 saturated heterocycles. The van der Waals surface area contributed by atoms with Gasteiger partial charge in [-0.05, 0) is 38.1 Å². The average molecular weight is 288 g/mol. The minimum absolute atomic E-state index is 0.0686. The van der Waals surface area contributed by atoms with Crippen LogP contribution in [0.15, 0.2) is 12.5 Å². The molecule has 1 aliphatic carbocycles. The monoisotopic (exact) mass is 288 g/mol. The van der Waals surface area contributed by atoms with Crippen molar-refractivity contribution in [1.82, 2.24) is 20.2 Å². The van der Waals surface area contributed by atoms with E-state index >= 15 is 0 Å². The van der Waals surface area contributed by atoms with Crippen LogP contribution in [0.5, 0.6) is 0 Å². The lowest BCUT2D eigenvalue weighted by molar-refractivity contribution is -0.143. The molecule has 114 valence electrons. The number of carbonyl (C=O) groups is 1. The van der Waals surface area contributed by atoms with Crippen molar-refractivity contribution in [1.29, 1.82) is 0 Å². The van der Waals surface area contributed by atoms with Gasteiger partial charge < -0.3 is 15.2 Å². The van der Waals surface area contributed by atoms with E-state index in [4.69, 9.17) is 0 Å². The van der Waals surface area contributed by atoms with Gasteiger partial charge in [0.2, 0.25) is 5.91 Å². The van der Waals surface area contributed by atoms with Gasteiger partial charge in [-0.1, -0.05) is 6.42 Å². The van der Waals surface area contributed by atoms with E-state index in [9.17, 15) is 4.79 Å². The molecule has 1 aromatic rings. The van der Waals surface area contributed by atoms with E-state index in [2.05, 4.69) is 20.2 Å². The second-order valence-corrected chi connectivity index (χ2v) is 6.95. The molecule has 3 heterocycles. The molecular weight excluding hydrogens is 264 g/mol. The lowest BCUT2D eigenvalue weighted by atomic mass is 9.78. The SMILES string of the molecule is O=C(N1CCC(c2cnc[nH]2)CC1)[C@@]12CCC[C@@H]1CNC2. The first-order chi connectivity index (χ1) is 10.3. The normalized spacial score (nSPS) is 33.3. The predicted octanol–water partition coefficient (Wildman–Crippen LogP) is 1.51. The van der Waals surface area contributed by atoms with Crippen molar-refractivity contribution in [2.24, 2.45) is 11.3 Å². The first kappa shape index (κ1) is 13.3. The van der Waals surface area contributed by atoms with E-state index in [-0.39, 0.29) is 5.41 Å². The van der Waals surface area contributed by atoms with Gasteiger partial charge in [0.15, 0.2) is 0 Å². The maximum Gasteiger partial charge on any atom is 0.230 e. The van der Waals surface area contributed by atoms with Crippen molar-refractivity contribution >= 4 is 5.91 Å². The van der Waals surface area contributed by atoms with Crippen LogP contribution in [0, 0.1) is 11.3 Å². The summed E-state index contributed by atoms with van der Waals surface area (Å²) in [6.45, 7) is 3.74. The lowest BCUT2D eigenvalue weighted by Crippen LogP contribution is -2.49. The minimum Gasteiger partial charge on any atom is -0.348 e. The molecule has 1 saturated carbocycles. The van der Waals surface area contributed by atoms with Gasteiger partial charge in [0.25, 0.3) is 0 Å². The van der Waals surface area contributed by atoms with Crippen LogP contribution < -0.4 is 5.32 Å². The molecule has 0 bridgehead atoms. The fourth-order valence-electron chi connectivity index (χ4n) is 4.70. The van der Waals surface area contributed by atoms with Crippen molar-refractivity contribution in [3.05, 3.63) is 18.2 Å². The smallest absolute Gasteiger partial charge is 0.230 e. The molecule has 1 amide bonds. The fourth-order valence-corrected chi connectivity index (χ4v) is 4.70. The van der Waals surface area contributed by atoms with Gasteiger partial charge in [-0.3, -0.25) is 4.79 Å². The summed E-state index contributed by atoms with van der Waals surface area (Å²) in [5, 5.41) is 3.46. The third-order valence-electron chi connectivity index (χ3n) is 5.96. The summed E-state index contributed by atoms with van der Waals surface area (Å²) in [5.74, 6) is 1.54. The number of likely N-dealkylation sites (tertiary alicyclic amines) is 1. The zero-order valence-electron chi connectivity index (χ0n) is 12.5. The summed E-state index contributed by atoms with van der Waals surface area (Å²) >= 11 is 0. The molecule has 2 N–H and O–H groups in total. The van der Waals surface area contributed by atoms with Crippen LogP contribution in [0.1, 0.15) is 43.7 Å². The Balaban J connectivity index is 1.43. The number of fused-ring (bicyclic) bond motifs is 1. The number of nitrogens with one attached hydrogen (secondary N) is 2. The molecule has 0 unspecified atom stereocenters. The molecule has 0 radical (unpaired) electrons. The molecule has 3 aliphatic rings. The van der Waals surface area contributed by atoms with Gasteiger partial charge in [0.05, 0.1) is 11.7 Å². The van der Waals surface area contributed by atoms with Gasteiger partial charge >= 0.3 is 0 Å². The van der Waals surface area contributed by atoms with E-state index < -0.39 is 0 Å². The summed E-state index contributed by atoms with van der Waals surface area (Å²) in [5.41, 5.74) is 1.16. The van der Waals surface area contributed by atoms with Gasteiger partial charge in [-0.2, -0.15) is 0 Å². The Bertz CT molecular complexity index is 494. The number of aromatic nitrogens is 2. The zero-order valence-corrected chi connectivity index (χ0v) is 12.5. The number of hydrogen-bond acceptors (Lipinski definition) is 3. The highest BCUT2D eigenvalue weighted by Gasteiger charge is 2.53. The Hall–Kier alpha value is -1.36. The number of hydrogen-bond donors (Lipinski definition) is 2. The molecule has 4 rings (SSSR count). The standard InChI is InChI=1S/C16H24N4O/c21-15(16-5-1-2-13(16)8-17-10-16)20-6-3-12(4-7-20)14-9-18-11-19-14/h9,11-13,17H,1-8,10H2,(H,18,19)/t13-,16-/m1/s1. The summed E-state index contributed by atoms with van der Waals surface area (Å²) in [7, 11) is 0. The Morgan fingerprint density at radius 3 is 2.95 bits per heavy atom. The highest BCUT2D eigenvalue weighted by Crippen LogP contribution is 2.47. The zero-order chi connectivity index (χ0) is 14.3. The van der Waals surface area contributed by atoms with Gasteiger partial charge in [0.1, 0.15) is 0 Å². The number of nitrogens with zero attached hydrogens (tertiary/aromatic N) is 2. The van der Waals surface area contributed by atoms with Crippen LogP contribution in [0.25, 0.3) is 0 Å².